The third kappa shape index (κ3) is 5.62. The van der Waals surface area contributed by atoms with Crippen molar-refractivity contribution in [3.05, 3.63) is 47.6 Å². The SMILES string of the molecule is COc1ccc(/C=C/C(=O)OC2CC(C)C3(CO3)C(/C(C)=C/CCC(C)C)C2OC)cc1. The minimum absolute atomic E-state index is 0.0896. The van der Waals surface area contributed by atoms with Crippen LogP contribution >= 0.6 is 0 Å². The molecule has 1 aromatic rings. The van der Waals surface area contributed by atoms with Crippen LogP contribution in [0.2, 0.25) is 0 Å². The van der Waals surface area contributed by atoms with E-state index >= 15 is 0 Å². The van der Waals surface area contributed by atoms with Crippen LogP contribution in [0.15, 0.2) is 42.0 Å². The van der Waals surface area contributed by atoms with Gasteiger partial charge in [0, 0.05) is 19.1 Å². The van der Waals surface area contributed by atoms with Crippen molar-refractivity contribution in [2.24, 2.45) is 17.8 Å². The summed E-state index contributed by atoms with van der Waals surface area (Å²) in [4.78, 5) is 12.6. The largest absolute Gasteiger partial charge is 0.497 e. The predicted molar refractivity (Wildman–Crippen MR) is 126 cm³/mol. The van der Waals surface area contributed by atoms with E-state index in [0.29, 0.717) is 5.92 Å². The van der Waals surface area contributed by atoms with E-state index in [-0.39, 0.29) is 35.6 Å². The number of carbonyl (C=O) groups is 1. The van der Waals surface area contributed by atoms with Crippen LogP contribution < -0.4 is 4.74 Å². The molecular formula is C27H38O5. The van der Waals surface area contributed by atoms with Crippen LogP contribution in [-0.4, -0.2) is 44.6 Å². The Labute approximate surface area is 192 Å². The molecule has 1 aliphatic carbocycles. The molecule has 5 nitrogen and oxygen atoms in total. The quantitative estimate of drug-likeness (QED) is 0.220. The number of esters is 1. The fourth-order valence-electron chi connectivity index (χ4n) is 4.92. The highest BCUT2D eigenvalue weighted by atomic mass is 16.6. The molecule has 0 radical (unpaired) electrons. The molecule has 1 aromatic carbocycles. The Balaban J connectivity index is 1.71. The first-order chi connectivity index (χ1) is 15.3. The average molecular weight is 443 g/mol. The lowest BCUT2D eigenvalue weighted by molar-refractivity contribution is -0.164. The van der Waals surface area contributed by atoms with Gasteiger partial charge in [-0.05, 0) is 61.8 Å². The molecule has 5 heteroatoms. The van der Waals surface area contributed by atoms with Crippen molar-refractivity contribution >= 4 is 12.0 Å². The summed E-state index contributed by atoms with van der Waals surface area (Å²) in [5.74, 6) is 1.47. The molecule has 0 bridgehead atoms. The Morgan fingerprint density at radius 2 is 1.94 bits per heavy atom. The molecule has 3 rings (SSSR count). The summed E-state index contributed by atoms with van der Waals surface area (Å²) >= 11 is 0. The first-order valence-electron chi connectivity index (χ1n) is 11.7. The van der Waals surface area contributed by atoms with Crippen molar-refractivity contribution in [2.75, 3.05) is 20.8 Å². The topological polar surface area (TPSA) is 57.3 Å². The monoisotopic (exact) mass is 442 g/mol. The molecule has 5 atom stereocenters. The van der Waals surface area contributed by atoms with E-state index in [4.69, 9.17) is 18.9 Å². The zero-order chi connectivity index (χ0) is 23.3. The number of carbonyl (C=O) groups excluding carboxylic acids is 1. The first kappa shape index (κ1) is 24.5. The Morgan fingerprint density at radius 3 is 2.50 bits per heavy atom. The van der Waals surface area contributed by atoms with Crippen molar-refractivity contribution in [1.29, 1.82) is 0 Å². The van der Waals surface area contributed by atoms with Gasteiger partial charge in [-0.2, -0.15) is 0 Å². The lowest BCUT2D eigenvalue weighted by Crippen LogP contribution is -2.54. The minimum atomic E-state index is -0.354. The minimum Gasteiger partial charge on any atom is -0.497 e. The highest BCUT2D eigenvalue weighted by molar-refractivity contribution is 5.87. The molecule has 0 amide bonds. The number of ether oxygens (including phenoxy) is 4. The molecule has 2 fully saturated rings. The van der Waals surface area contributed by atoms with Crippen LogP contribution in [0.3, 0.4) is 0 Å². The molecule has 1 saturated heterocycles. The van der Waals surface area contributed by atoms with Crippen LogP contribution in [0.25, 0.3) is 6.08 Å². The van der Waals surface area contributed by atoms with Gasteiger partial charge in [0.2, 0.25) is 0 Å². The maximum absolute atomic E-state index is 12.6. The third-order valence-corrected chi connectivity index (χ3v) is 6.89. The fraction of sp³-hybridized carbons (Fsp3) is 0.593. The molecule has 0 N–H and O–H groups in total. The van der Waals surface area contributed by atoms with Gasteiger partial charge in [-0.1, -0.05) is 44.6 Å². The average Bonchev–Trinajstić information content (AvgIpc) is 3.56. The normalized spacial score (nSPS) is 30.2. The maximum Gasteiger partial charge on any atom is 0.331 e. The number of hydrogen-bond donors (Lipinski definition) is 0. The number of hydrogen-bond acceptors (Lipinski definition) is 5. The van der Waals surface area contributed by atoms with Crippen molar-refractivity contribution in [1.82, 2.24) is 0 Å². The van der Waals surface area contributed by atoms with Crippen LogP contribution in [0.1, 0.15) is 52.5 Å². The second-order valence-electron chi connectivity index (χ2n) is 9.56. The smallest absolute Gasteiger partial charge is 0.331 e. The van der Waals surface area contributed by atoms with E-state index < -0.39 is 0 Å². The highest BCUT2D eigenvalue weighted by Crippen LogP contribution is 2.53. The van der Waals surface area contributed by atoms with Crippen molar-refractivity contribution in [3.63, 3.8) is 0 Å². The molecule has 1 heterocycles. The van der Waals surface area contributed by atoms with Crippen molar-refractivity contribution in [3.8, 4) is 5.75 Å². The summed E-state index contributed by atoms with van der Waals surface area (Å²) < 4.78 is 23.1. The summed E-state index contributed by atoms with van der Waals surface area (Å²) in [6.07, 6.45) is 7.96. The van der Waals surface area contributed by atoms with Gasteiger partial charge in [-0.3, -0.25) is 0 Å². The molecule has 32 heavy (non-hydrogen) atoms. The highest BCUT2D eigenvalue weighted by Gasteiger charge is 2.63. The van der Waals surface area contributed by atoms with E-state index in [1.54, 1.807) is 20.3 Å². The molecule has 176 valence electrons. The first-order valence-corrected chi connectivity index (χ1v) is 11.7. The summed E-state index contributed by atoms with van der Waals surface area (Å²) in [7, 11) is 3.34. The van der Waals surface area contributed by atoms with E-state index in [1.807, 2.05) is 24.3 Å². The maximum atomic E-state index is 12.6. The Kier molecular flexibility index (Phi) is 8.18. The third-order valence-electron chi connectivity index (χ3n) is 6.89. The zero-order valence-corrected chi connectivity index (χ0v) is 20.3. The standard InChI is InChI=1S/C27H38O5/c1-18(2)8-7-9-19(3)25-26(30-6)23(16-20(4)27(25)17-31-27)32-24(28)15-12-21-10-13-22(29-5)14-11-21/h9-15,18,20,23,25-26H,7-8,16-17H2,1-6H3/b15-12+,19-9+. The number of allylic oxidation sites excluding steroid dienone is 1. The lowest BCUT2D eigenvalue weighted by Gasteiger charge is -2.44. The zero-order valence-electron chi connectivity index (χ0n) is 20.3. The van der Waals surface area contributed by atoms with E-state index in [9.17, 15) is 4.79 Å². The summed E-state index contributed by atoms with van der Waals surface area (Å²) in [6.45, 7) is 9.59. The van der Waals surface area contributed by atoms with Gasteiger partial charge < -0.3 is 18.9 Å². The molecule has 5 unspecified atom stereocenters. The lowest BCUT2D eigenvalue weighted by atomic mass is 9.67. The molecule has 1 aliphatic heterocycles. The van der Waals surface area contributed by atoms with E-state index in [2.05, 4.69) is 33.8 Å². The number of epoxide rings is 1. The van der Waals surface area contributed by atoms with Gasteiger partial charge >= 0.3 is 5.97 Å². The second kappa shape index (κ2) is 10.7. The van der Waals surface area contributed by atoms with E-state index in [0.717, 1.165) is 37.2 Å². The van der Waals surface area contributed by atoms with Crippen molar-refractivity contribution < 1.29 is 23.7 Å². The van der Waals surface area contributed by atoms with Gasteiger partial charge in [0.15, 0.2) is 0 Å². The Morgan fingerprint density at radius 1 is 1.25 bits per heavy atom. The Hall–Kier alpha value is -2.11. The van der Waals surface area contributed by atoms with Crippen LogP contribution in [0.4, 0.5) is 0 Å². The van der Waals surface area contributed by atoms with Gasteiger partial charge in [0.05, 0.1) is 13.7 Å². The van der Waals surface area contributed by atoms with Gasteiger partial charge in [-0.25, -0.2) is 4.79 Å². The van der Waals surface area contributed by atoms with Crippen LogP contribution in [0.5, 0.6) is 5.75 Å². The predicted octanol–water partition coefficient (Wildman–Crippen LogP) is 5.44. The van der Waals surface area contributed by atoms with Crippen LogP contribution in [0, 0.1) is 17.8 Å². The molecule has 0 aromatic heterocycles. The van der Waals surface area contributed by atoms with Gasteiger partial charge in [0.1, 0.15) is 23.6 Å². The van der Waals surface area contributed by atoms with Crippen LogP contribution in [-0.2, 0) is 19.0 Å². The van der Waals surface area contributed by atoms with Gasteiger partial charge in [0.25, 0.3) is 0 Å². The molecular weight excluding hydrogens is 404 g/mol. The second-order valence-corrected chi connectivity index (χ2v) is 9.56. The molecule has 1 saturated carbocycles. The summed E-state index contributed by atoms with van der Waals surface area (Å²) in [6, 6.07) is 7.53. The molecule has 2 aliphatic rings. The summed E-state index contributed by atoms with van der Waals surface area (Å²) in [5.41, 5.74) is 1.99. The summed E-state index contributed by atoms with van der Waals surface area (Å²) in [5, 5.41) is 0. The number of rotatable bonds is 9. The van der Waals surface area contributed by atoms with Gasteiger partial charge in [-0.15, -0.1) is 0 Å². The van der Waals surface area contributed by atoms with E-state index in [1.165, 1.54) is 11.6 Å². The number of methoxy groups -OCH3 is 2. The Bertz CT molecular complexity index is 819. The van der Waals surface area contributed by atoms with Crippen molar-refractivity contribution in [2.45, 2.75) is 64.8 Å². The molecule has 1 spiro atoms. The number of benzene rings is 1. The fourth-order valence-corrected chi connectivity index (χ4v) is 4.92.